The first kappa shape index (κ1) is 20.0. The summed E-state index contributed by atoms with van der Waals surface area (Å²) in [5.41, 5.74) is 1.62. The standard InChI is InChI=1S/C18H26Cl2N2O/c1-4-5-6-7-15(13-22(2)3)18(21-23)11-9-14-8-10-16(19)17(20)12-14/h8-12,15,23H,4-7,13H2,1-3H3/b11-9+,21-18+/t15-/m0/s1. The third-order valence-electron chi connectivity index (χ3n) is 3.67. The van der Waals surface area contributed by atoms with Gasteiger partial charge in [-0.15, -0.1) is 0 Å². The molecule has 0 aliphatic carbocycles. The van der Waals surface area contributed by atoms with Crippen molar-refractivity contribution in [2.75, 3.05) is 20.6 Å². The zero-order valence-corrected chi connectivity index (χ0v) is 15.6. The Balaban J connectivity index is 2.84. The largest absolute Gasteiger partial charge is 0.411 e. The first-order valence-corrected chi connectivity index (χ1v) is 8.73. The molecule has 1 rings (SSSR count). The molecule has 0 fully saturated rings. The summed E-state index contributed by atoms with van der Waals surface area (Å²) in [4.78, 5) is 2.12. The van der Waals surface area contributed by atoms with E-state index < -0.39 is 0 Å². The maximum atomic E-state index is 9.41. The molecule has 0 saturated heterocycles. The topological polar surface area (TPSA) is 35.8 Å². The van der Waals surface area contributed by atoms with E-state index in [1.54, 1.807) is 12.1 Å². The number of unbranched alkanes of at least 4 members (excludes halogenated alkanes) is 2. The molecule has 0 bridgehead atoms. The highest BCUT2D eigenvalue weighted by Gasteiger charge is 2.15. The fourth-order valence-electron chi connectivity index (χ4n) is 2.46. The van der Waals surface area contributed by atoms with Gasteiger partial charge < -0.3 is 10.1 Å². The van der Waals surface area contributed by atoms with E-state index in [1.807, 2.05) is 32.3 Å². The van der Waals surface area contributed by atoms with E-state index in [0.29, 0.717) is 15.8 Å². The second kappa shape index (κ2) is 10.7. The van der Waals surface area contributed by atoms with Crippen molar-refractivity contribution in [1.82, 2.24) is 4.90 Å². The molecule has 5 heteroatoms. The van der Waals surface area contributed by atoms with Crippen LogP contribution < -0.4 is 0 Å². The molecule has 0 unspecified atom stereocenters. The predicted octanol–water partition coefficient (Wildman–Crippen LogP) is 5.59. The summed E-state index contributed by atoms with van der Waals surface area (Å²) in [7, 11) is 4.06. The van der Waals surface area contributed by atoms with Gasteiger partial charge in [0.1, 0.15) is 0 Å². The van der Waals surface area contributed by atoms with Crippen molar-refractivity contribution in [3.63, 3.8) is 0 Å². The van der Waals surface area contributed by atoms with Gasteiger partial charge in [0.25, 0.3) is 0 Å². The third-order valence-corrected chi connectivity index (χ3v) is 4.40. The molecule has 0 aromatic heterocycles. The molecule has 0 spiro atoms. The molecule has 1 aromatic rings. The Morgan fingerprint density at radius 2 is 2.00 bits per heavy atom. The van der Waals surface area contributed by atoms with Crippen molar-refractivity contribution in [2.45, 2.75) is 32.6 Å². The van der Waals surface area contributed by atoms with Crippen molar-refractivity contribution in [2.24, 2.45) is 11.1 Å². The normalized spacial score (nSPS) is 13.9. The van der Waals surface area contributed by atoms with Crippen LogP contribution in [0.3, 0.4) is 0 Å². The highest BCUT2D eigenvalue weighted by molar-refractivity contribution is 6.42. The van der Waals surface area contributed by atoms with E-state index in [0.717, 1.165) is 24.9 Å². The average molecular weight is 357 g/mol. The van der Waals surface area contributed by atoms with Crippen LogP contribution in [0.1, 0.15) is 38.2 Å². The van der Waals surface area contributed by atoms with Crippen LogP contribution in [-0.4, -0.2) is 36.5 Å². The monoisotopic (exact) mass is 356 g/mol. The van der Waals surface area contributed by atoms with E-state index in [2.05, 4.69) is 17.0 Å². The Bertz CT molecular complexity index is 542. The van der Waals surface area contributed by atoms with Gasteiger partial charge >= 0.3 is 0 Å². The Hall–Kier alpha value is -1.03. The van der Waals surface area contributed by atoms with Crippen molar-refractivity contribution in [3.05, 3.63) is 39.9 Å². The van der Waals surface area contributed by atoms with Gasteiger partial charge in [-0.25, -0.2) is 0 Å². The fourth-order valence-corrected chi connectivity index (χ4v) is 2.77. The number of oxime groups is 1. The van der Waals surface area contributed by atoms with E-state index in [4.69, 9.17) is 23.2 Å². The van der Waals surface area contributed by atoms with Gasteiger partial charge in [0.15, 0.2) is 0 Å². The first-order chi connectivity index (χ1) is 11.0. The van der Waals surface area contributed by atoms with Crippen LogP contribution >= 0.6 is 23.2 Å². The molecule has 0 amide bonds. The summed E-state index contributed by atoms with van der Waals surface area (Å²) in [6, 6.07) is 5.45. The van der Waals surface area contributed by atoms with Gasteiger partial charge in [0.2, 0.25) is 0 Å². The quantitative estimate of drug-likeness (QED) is 0.270. The van der Waals surface area contributed by atoms with E-state index in [-0.39, 0.29) is 5.92 Å². The molecule has 1 aromatic carbocycles. The zero-order chi connectivity index (χ0) is 17.2. The van der Waals surface area contributed by atoms with Crippen molar-refractivity contribution < 1.29 is 5.21 Å². The molecule has 0 aliphatic rings. The van der Waals surface area contributed by atoms with E-state index >= 15 is 0 Å². The van der Waals surface area contributed by atoms with Gasteiger partial charge in [0.05, 0.1) is 15.8 Å². The minimum Gasteiger partial charge on any atom is -0.411 e. The Labute approximate surface area is 149 Å². The van der Waals surface area contributed by atoms with Gasteiger partial charge in [-0.3, -0.25) is 0 Å². The molecule has 128 valence electrons. The number of hydrogen-bond donors (Lipinski definition) is 1. The Kier molecular flexibility index (Phi) is 9.30. The number of allylic oxidation sites excluding steroid dienone is 1. The molecular formula is C18H26Cl2N2O. The predicted molar refractivity (Wildman–Crippen MR) is 101 cm³/mol. The number of halogens is 2. The lowest BCUT2D eigenvalue weighted by molar-refractivity contribution is 0.305. The molecule has 23 heavy (non-hydrogen) atoms. The van der Waals surface area contributed by atoms with Gasteiger partial charge in [-0.2, -0.15) is 0 Å². The highest BCUT2D eigenvalue weighted by Crippen LogP contribution is 2.23. The summed E-state index contributed by atoms with van der Waals surface area (Å²) in [5, 5.41) is 14.0. The molecule has 0 radical (unpaired) electrons. The van der Waals surface area contributed by atoms with Crippen LogP contribution in [0, 0.1) is 5.92 Å². The lowest BCUT2D eigenvalue weighted by Crippen LogP contribution is -2.27. The smallest absolute Gasteiger partial charge is 0.0839 e. The summed E-state index contributed by atoms with van der Waals surface area (Å²) in [6.45, 7) is 3.04. The van der Waals surface area contributed by atoms with Crippen molar-refractivity contribution >= 4 is 35.0 Å². The number of benzene rings is 1. The highest BCUT2D eigenvalue weighted by atomic mass is 35.5. The third kappa shape index (κ3) is 7.38. The summed E-state index contributed by atoms with van der Waals surface area (Å²) in [5.74, 6) is 0.209. The van der Waals surface area contributed by atoms with Gasteiger partial charge in [-0.05, 0) is 44.3 Å². The number of hydrogen-bond acceptors (Lipinski definition) is 3. The summed E-state index contributed by atoms with van der Waals surface area (Å²) >= 11 is 12.0. The molecule has 1 N–H and O–H groups in total. The van der Waals surface area contributed by atoms with Crippen LogP contribution in [0.5, 0.6) is 0 Å². The van der Waals surface area contributed by atoms with Gasteiger partial charge in [0, 0.05) is 12.5 Å². The lowest BCUT2D eigenvalue weighted by atomic mass is 9.94. The molecule has 1 atom stereocenters. The summed E-state index contributed by atoms with van der Waals surface area (Å²) in [6.07, 6.45) is 8.28. The fraction of sp³-hybridized carbons (Fsp3) is 0.500. The SMILES string of the molecule is CCCCC[C@@H](CN(C)C)C(/C=C/c1ccc(Cl)c(Cl)c1)=N/O. The van der Waals surface area contributed by atoms with E-state index in [1.165, 1.54) is 12.8 Å². The van der Waals surface area contributed by atoms with Crippen LogP contribution in [0.25, 0.3) is 6.08 Å². The van der Waals surface area contributed by atoms with Crippen LogP contribution in [0.4, 0.5) is 0 Å². The second-order valence-electron chi connectivity index (χ2n) is 5.99. The van der Waals surface area contributed by atoms with Crippen molar-refractivity contribution in [1.29, 1.82) is 0 Å². The minimum atomic E-state index is 0.209. The average Bonchev–Trinajstić information content (AvgIpc) is 2.50. The minimum absolute atomic E-state index is 0.209. The van der Waals surface area contributed by atoms with Crippen LogP contribution in [0.15, 0.2) is 29.4 Å². The molecule has 0 aliphatic heterocycles. The van der Waals surface area contributed by atoms with Crippen LogP contribution in [0.2, 0.25) is 10.0 Å². The first-order valence-electron chi connectivity index (χ1n) is 7.97. The molecule has 3 nitrogen and oxygen atoms in total. The van der Waals surface area contributed by atoms with Gasteiger partial charge in [-0.1, -0.05) is 66.7 Å². The Morgan fingerprint density at radius 1 is 1.26 bits per heavy atom. The maximum Gasteiger partial charge on any atom is 0.0839 e. The molecular weight excluding hydrogens is 331 g/mol. The van der Waals surface area contributed by atoms with Crippen molar-refractivity contribution in [3.8, 4) is 0 Å². The second-order valence-corrected chi connectivity index (χ2v) is 6.80. The molecule has 0 saturated carbocycles. The number of rotatable bonds is 9. The van der Waals surface area contributed by atoms with Crippen LogP contribution in [-0.2, 0) is 0 Å². The van der Waals surface area contributed by atoms with E-state index in [9.17, 15) is 5.21 Å². The lowest BCUT2D eigenvalue weighted by Gasteiger charge is -2.20. The summed E-state index contributed by atoms with van der Waals surface area (Å²) < 4.78 is 0. The Morgan fingerprint density at radius 3 is 2.57 bits per heavy atom. The maximum absolute atomic E-state index is 9.41. The molecule has 0 heterocycles. The number of nitrogens with zero attached hydrogens (tertiary/aromatic N) is 2. The zero-order valence-electron chi connectivity index (χ0n) is 14.1.